The van der Waals surface area contributed by atoms with Crippen LogP contribution in [0.3, 0.4) is 0 Å². The van der Waals surface area contributed by atoms with Crippen LogP contribution in [-0.4, -0.2) is 11.8 Å². The predicted octanol–water partition coefficient (Wildman–Crippen LogP) is 4.39. The highest BCUT2D eigenvalue weighted by molar-refractivity contribution is 7.18. The molecule has 128 valence electrons. The Morgan fingerprint density at radius 3 is 2.52 bits per heavy atom. The molecule has 2 heterocycles. The molecule has 3 aromatic rings. The number of rotatable bonds is 5. The van der Waals surface area contributed by atoms with Crippen molar-refractivity contribution in [3.63, 3.8) is 0 Å². The van der Waals surface area contributed by atoms with E-state index in [4.69, 9.17) is 4.42 Å². The van der Waals surface area contributed by atoms with E-state index in [1.54, 1.807) is 18.2 Å². The van der Waals surface area contributed by atoms with Crippen LogP contribution in [0, 0.1) is 6.92 Å². The number of aryl methyl sites for hydroxylation is 1. The number of anilines is 1. The fourth-order valence-electron chi connectivity index (χ4n) is 2.44. The summed E-state index contributed by atoms with van der Waals surface area (Å²) in [5.74, 6) is -0.261. The molecule has 5 nitrogen and oxygen atoms in total. The lowest BCUT2D eigenvalue weighted by Crippen LogP contribution is -2.26. The third kappa shape index (κ3) is 3.97. The molecule has 0 aliphatic heterocycles. The van der Waals surface area contributed by atoms with Crippen molar-refractivity contribution in [1.82, 2.24) is 5.32 Å². The normalized spacial score (nSPS) is 11.8. The molecule has 25 heavy (non-hydrogen) atoms. The molecule has 0 radical (unpaired) electrons. The van der Waals surface area contributed by atoms with Crippen molar-refractivity contribution in [3.8, 4) is 0 Å². The standard InChI is InChI=1S/C19H18N2O3S/c1-12-11-16(21-18(22)15-9-6-10-24-15)25-17(12)19(23)20-13(2)14-7-4-3-5-8-14/h3-11,13H,1-2H3,(H,20,23)(H,21,22)/t13-/m1/s1. The zero-order chi connectivity index (χ0) is 17.8. The summed E-state index contributed by atoms with van der Waals surface area (Å²) in [6.07, 6.45) is 1.44. The average Bonchev–Trinajstić information content (AvgIpc) is 3.25. The highest BCUT2D eigenvalue weighted by Gasteiger charge is 2.18. The second kappa shape index (κ2) is 7.36. The van der Waals surface area contributed by atoms with E-state index in [9.17, 15) is 9.59 Å². The van der Waals surface area contributed by atoms with E-state index >= 15 is 0 Å². The molecule has 1 aromatic carbocycles. The first-order valence-electron chi connectivity index (χ1n) is 7.85. The van der Waals surface area contributed by atoms with Gasteiger partial charge in [0.2, 0.25) is 0 Å². The van der Waals surface area contributed by atoms with Gasteiger partial charge in [0, 0.05) is 0 Å². The van der Waals surface area contributed by atoms with Gasteiger partial charge in [-0.05, 0) is 43.2 Å². The van der Waals surface area contributed by atoms with E-state index in [-0.39, 0.29) is 23.6 Å². The van der Waals surface area contributed by atoms with E-state index < -0.39 is 0 Å². The van der Waals surface area contributed by atoms with Gasteiger partial charge >= 0.3 is 0 Å². The SMILES string of the molecule is Cc1cc(NC(=O)c2ccco2)sc1C(=O)N[C@H](C)c1ccccc1. The second-order valence-electron chi connectivity index (χ2n) is 5.66. The molecule has 0 unspecified atom stereocenters. The van der Waals surface area contributed by atoms with Crippen LogP contribution in [0.15, 0.2) is 59.2 Å². The van der Waals surface area contributed by atoms with Crippen LogP contribution in [0.1, 0.15) is 44.3 Å². The Bertz CT molecular complexity index is 869. The lowest BCUT2D eigenvalue weighted by atomic mass is 10.1. The van der Waals surface area contributed by atoms with Crippen molar-refractivity contribution in [1.29, 1.82) is 0 Å². The molecule has 2 N–H and O–H groups in total. The van der Waals surface area contributed by atoms with Gasteiger partial charge in [-0.2, -0.15) is 0 Å². The minimum absolute atomic E-state index is 0.101. The molecule has 3 rings (SSSR count). The van der Waals surface area contributed by atoms with E-state index in [0.717, 1.165) is 11.1 Å². The number of carbonyl (C=O) groups excluding carboxylic acids is 2. The molecule has 1 atom stereocenters. The molecule has 2 amide bonds. The van der Waals surface area contributed by atoms with Gasteiger partial charge in [0.1, 0.15) is 0 Å². The third-order valence-electron chi connectivity index (χ3n) is 3.75. The third-order valence-corrected chi connectivity index (χ3v) is 4.90. The lowest BCUT2D eigenvalue weighted by molar-refractivity contribution is 0.0942. The van der Waals surface area contributed by atoms with Crippen LogP contribution in [0.25, 0.3) is 0 Å². The van der Waals surface area contributed by atoms with Crippen molar-refractivity contribution in [3.05, 3.63) is 76.6 Å². The van der Waals surface area contributed by atoms with Crippen LogP contribution in [-0.2, 0) is 0 Å². The first-order valence-corrected chi connectivity index (χ1v) is 8.67. The highest BCUT2D eigenvalue weighted by Crippen LogP contribution is 2.27. The Balaban J connectivity index is 1.69. The molecule has 6 heteroatoms. The number of nitrogens with one attached hydrogen (secondary N) is 2. The molecule has 0 aliphatic carbocycles. The highest BCUT2D eigenvalue weighted by atomic mass is 32.1. The van der Waals surface area contributed by atoms with E-state index in [0.29, 0.717) is 9.88 Å². The first kappa shape index (κ1) is 17.0. The Kier molecular flexibility index (Phi) is 5.00. The summed E-state index contributed by atoms with van der Waals surface area (Å²) in [6.45, 7) is 3.79. The zero-order valence-electron chi connectivity index (χ0n) is 13.9. The van der Waals surface area contributed by atoms with Gasteiger partial charge in [-0.25, -0.2) is 0 Å². The van der Waals surface area contributed by atoms with Crippen LogP contribution in [0.2, 0.25) is 0 Å². The van der Waals surface area contributed by atoms with E-state index in [1.165, 1.54) is 17.6 Å². The Hall–Kier alpha value is -2.86. The van der Waals surface area contributed by atoms with Gasteiger partial charge in [-0.1, -0.05) is 30.3 Å². The molecule has 0 saturated heterocycles. The summed E-state index contributed by atoms with van der Waals surface area (Å²) in [7, 11) is 0. The van der Waals surface area contributed by atoms with E-state index in [2.05, 4.69) is 10.6 Å². The number of thiophene rings is 1. The summed E-state index contributed by atoms with van der Waals surface area (Å²) in [4.78, 5) is 25.2. The molecular weight excluding hydrogens is 336 g/mol. The topological polar surface area (TPSA) is 71.3 Å². The smallest absolute Gasteiger partial charge is 0.291 e. The average molecular weight is 354 g/mol. The quantitative estimate of drug-likeness (QED) is 0.714. The van der Waals surface area contributed by atoms with Crippen molar-refractivity contribution in [2.24, 2.45) is 0 Å². The molecular formula is C19H18N2O3S. The number of hydrogen-bond donors (Lipinski definition) is 2. The monoisotopic (exact) mass is 354 g/mol. The fourth-order valence-corrected chi connectivity index (χ4v) is 3.41. The maximum Gasteiger partial charge on any atom is 0.291 e. The molecule has 0 bridgehead atoms. The zero-order valence-corrected chi connectivity index (χ0v) is 14.7. The van der Waals surface area contributed by atoms with Gasteiger partial charge in [0.05, 0.1) is 22.2 Å². The lowest BCUT2D eigenvalue weighted by Gasteiger charge is -2.13. The van der Waals surface area contributed by atoms with Crippen molar-refractivity contribution < 1.29 is 14.0 Å². The number of amides is 2. The second-order valence-corrected chi connectivity index (χ2v) is 6.71. The number of carbonyl (C=O) groups is 2. The molecule has 0 spiro atoms. The summed E-state index contributed by atoms with van der Waals surface area (Å²) >= 11 is 1.24. The molecule has 0 fully saturated rings. The molecule has 0 saturated carbocycles. The summed E-state index contributed by atoms with van der Waals surface area (Å²) in [5.41, 5.74) is 1.86. The Morgan fingerprint density at radius 2 is 1.84 bits per heavy atom. The van der Waals surface area contributed by atoms with Crippen LogP contribution in [0.4, 0.5) is 5.00 Å². The molecule has 2 aromatic heterocycles. The predicted molar refractivity (Wildman–Crippen MR) is 98.0 cm³/mol. The fraction of sp³-hybridized carbons (Fsp3) is 0.158. The maximum atomic E-state index is 12.5. The Labute approximate surface area is 149 Å². The van der Waals surface area contributed by atoms with Gasteiger partial charge < -0.3 is 15.1 Å². The van der Waals surface area contributed by atoms with Crippen LogP contribution < -0.4 is 10.6 Å². The van der Waals surface area contributed by atoms with Crippen molar-refractivity contribution in [2.45, 2.75) is 19.9 Å². The van der Waals surface area contributed by atoms with Crippen LogP contribution >= 0.6 is 11.3 Å². The van der Waals surface area contributed by atoms with Gasteiger partial charge in [0.25, 0.3) is 11.8 Å². The first-order chi connectivity index (χ1) is 12.0. The van der Waals surface area contributed by atoms with Crippen molar-refractivity contribution in [2.75, 3.05) is 5.32 Å². The number of benzene rings is 1. The largest absolute Gasteiger partial charge is 0.459 e. The minimum Gasteiger partial charge on any atom is -0.459 e. The molecule has 0 aliphatic rings. The summed E-state index contributed by atoms with van der Waals surface area (Å²) < 4.78 is 5.07. The van der Waals surface area contributed by atoms with Crippen LogP contribution in [0.5, 0.6) is 0 Å². The van der Waals surface area contributed by atoms with Crippen molar-refractivity contribution >= 4 is 28.2 Å². The van der Waals surface area contributed by atoms with Gasteiger partial charge in [-0.15, -0.1) is 11.3 Å². The van der Waals surface area contributed by atoms with Gasteiger partial charge in [-0.3, -0.25) is 9.59 Å². The maximum absolute atomic E-state index is 12.5. The minimum atomic E-state index is -0.337. The van der Waals surface area contributed by atoms with E-state index in [1.807, 2.05) is 44.2 Å². The summed E-state index contributed by atoms with van der Waals surface area (Å²) in [5, 5.41) is 6.35. The number of furan rings is 1. The summed E-state index contributed by atoms with van der Waals surface area (Å²) in [6, 6.07) is 14.7. The Morgan fingerprint density at radius 1 is 1.08 bits per heavy atom. The van der Waals surface area contributed by atoms with Gasteiger partial charge in [0.15, 0.2) is 5.76 Å². The number of hydrogen-bond acceptors (Lipinski definition) is 4.